The Morgan fingerprint density at radius 2 is 1.67 bits per heavy atom. The first-order valence-electron chi connectivity index (χ1n) is 5.21. The number of nitrogens with zero attached hydrogens (tertiary/aromatic N) is 1. The molecule has 2 unspecified atom stereocenters. The van der Waals surface area contributed by atoms with E-state index in [0.717, 1.165) is 18.1 Å². The van der Waals surface area contributed by atoms with E-state index in [1.165, 1.54) is 25.7 Å². The zero-order valence-corrected chi connectivity index (χ0v) is 8.16. The Morgan fingerprint density at radius 3 is 2.08 bits per heavy atom. The van der Waals surface area contributed by atoms with Crippen molar-refractivity contribution < 1.29 is 0 Å². The summed E-state index contributed by atoms with van der Waals surface area (Å²) in [6.45, 7) is 4.62. The molecule has 2 bridgehead atoms. The van der Waals surface area contributed by atoms with Crippen molar-refractivity contribution in [3.05, 3.63) is 0 Å². The molecule has 2 fully saturated rings. The van der Waals surface area contributed by atoms with Crippen molar-refractivity contribution in [1.29, 1.82) is 0 Å². The molecule has 2 aliphatic rings. The molecular weight excluding hydrogens is 148 g/mol. The van der Waals surface area contributed by atoms with Gasteiger partial charge in [-0.3, -0.25) is 4.90 Å². The number of rotatable bonds is 1. The summed E-state index contributed by atoms with van der Waals surface area (Å²) in [5.74, 6) is 0. The lowest BCUT2D eigenvalue weighted by molar-refractivity contribution is 0.0938. The lowest BCUT2D eigenvalue weighted by Crippen LogP contribution is -2.50. The van der Waals surface area contributed by atoms with Crippen LogP contribution < -0.4 is 5.73 Å². The predicted molar refractivity (Wildman–Crippen MR) is 51.0 cm³/mol. The molecule has 0 aromatic carbocycles. The average Bonchev–Trinajstić information content (AvgIpc) is 2.24. The molecule has 0 amide bonds. The molecule has 2 nitrogen and oxygen atoms in total. The minimum Gasteiger partial charge on any atom is -0.328 e. The van der Waals surface area contributed by atoms with E-state index in [9.17, 15) is 0 Å². The molecule has 0 radical (unpaired) electrons. The van der Waals surface area contributed by atoms with Crippen molar-refractivity contribution in [1.82, 2.24) is 4.90 Å². The zero-order chi connectivity index (χ0) is 8.72. The monoisotopic (exact) mass is 168 g/mol. The van der Waals surface area contributed by atoms with E-state index in [0.29, 0.717) is 6.04 Å². The normalized spacial score (nSPS) is 42.5. The third kappa shape index (κ3) is 1.27. The van der Waals surface area contributed by atoms with E-state index in [2.05, 4.69) is 18.7 Å². The molecule has 0 aromatic heterocycles. The second-order valence-corrected chi connectivity index (χ2v) is 4.66. The topological polar surface area (TPSA) is 29.3 Å². The lowest BCUT2D eigenvalue weighted by atomic mass is 9.97. The fourth-order valence-corrected chi connectivity index (χ4v) is 3.10. The van der Waals surface area contributed by atoms with Crippen LogP contribution in [0, 0.1) is 0 Å². The molecule has 0 spiro atoms. The highest BCUT2D eigenvalue weighted by molar-refractivity contribution is 4.97. The SMILES string of the molecule is CC(C)N1C2CCC1CC(N)C2. The Bertz CT molecular complexity index is 153. The largest absolute Gasteiger partial charge is 0.328 e. The summed E-state index contributed by atoms with van der Waals surface area (Å²) in [7, 11) is 0. The fraction of sp³-hybridized carbons (Fsp3) is 1.00. The third-order valence-electron chi connectivity index (χ3n) is 3.42. The van der Waals surface area contributed by atoms with Gasteiger partial charge in [0, 0.05) is 24.2 Å². The smallest absolute Gasteiger partial charge is 0.0116 e. The number of hydrogen-bond donors (Lipinski definition) is 1. The van der Waals surface area contributed by atoms with Gasteiger partial charge in [-0.2, -0.15) is 0 Å². The molecule has 70 valence electrons. The van der Waals surface area contributed by atoms with E-state index in [1.54, 1.807) is 0 Å². The van der Waals surface area contributed by atoms with Crippen LogP contribution in [-0.2, 0) is 0 Å². The predicted octanol–water partition coefficient (Wildman–Crippen LogP) is 1.35. The number of piperidine rings is 1. The second kappa shape index (κ2) is 3.00. The fourth-order valence-electron chi connectivity index (χ4n) is 3.10. The van der Waals surface area contributed by atoms with Gasteiger partial charge in [-0.1, -0.05) is 0 Å². The molecule has 2 heteroatoms. The molecular formula is C10H20N2. The molecule has 2 heterocycles. The van der Waals surface area contributed by atoms with Gasteiger partial charge in [0.25, 0.3) is 0 Å². The Morgan fingerprint density at radius 1 is 1.17 bits per heavy atom. The van der Waals surface area contributed by atoms with Crippen molar-refractivity contribution in [3.8, 4) is 0 Å². The maximum atomic E-state index is 5.99. The van der Waals surface area contributed by atoms with Gasteiger partial charge in [0.1, 0.15) is 0 Å². The quantitative estimate of drug-likeness (QED) is 0.640. The summed E-state index contributed by atoms with van der Waals surface area (Å²) in [6.07, 6.45) is 5.23. The van der Waals surface area contributed by atoms with E-state index in [-0.39, 0.29) is 0 Å². The van der Waals surface area contributed by atoms with Crippen LogP contribution in [0.2, 0.25) is 0 Å². The highest BCUT2D eigenvalue weighted by Gasteiger charge is 2.40. The van der Waals surface area contributed by atoms with Crippen molar-refractivity contribution in [2.45, 2.75) is 63.7 Å². The van der Waals surface area contributed by atoms with Crippen molar-refractivity contribution in [3.63, 3.8) is 0 Å². The first-order valence-corrected chi connectivity index (χ1v) is 5.21. The third-order valence-corrected chi connectivity index (χ3v) is 3.42. The molecule has 2 saturated heterocycles. The van der Waals surface area contributed by atoms with Crippen LogP contribution in [0.15, 0.2) is 0 Å². The van der Waals surface area contributed by atoms with Crippen molar-refractivity contribution >= 4 is 0 Å². The van der Waals surface area contributed by atoms with Gasteiger partial charge < -0.3 is 5.73 Å². The van der Waals surface area contributed by atoms with Crippen LogP contribution in [-0.4, -0.2) is 29.1 Å². The second-order valence-electron chi connectivity index (χ2n) is 4.66. The molecule has 2 atom stereocenters. The maximum absolute atomic E-state index is 5.99. The van der Waals surface area contributed by atoms with Gasteiger partial charge in [0.2, 0.25) is 0 Å². The van der Waals surface area contributed by atoms with E-state index >= 15 is 0 Å². The molecule has 0 aliphatic carbocycles. The maximum Gasteiger partial charge on any atom is 0.0116 e. The molecule has 2 N–H and O–H groups in total. The summed E-state index contributed by atoms with van der Waals surface area (Å²) in [5, 5.41) is 0. The molecule has 12 heavy (non-hydrogen) atoms. The van der Waals surface area contributed by atoms with Crippen LogP contribution in [0.5, 0.6) is 0 Å². The summed E-state index contributed by atoms with van der Waals surface area (Å²) < 4.78 is 0. The summed E-state index contributed by atoms with van der Waals surface area (Å²) in [6, 6.07) is 2.81. The molecule has 2 rings (SSSR count). The van der Waals surface area contributed by atoms with Gasteiger partial charge >= 0.3 is 0 Å². The van der Waals surface area contributed by atoms with Gasteiger partial charge in [-0.25, -0.2) is 0 Å². The standard InChI is InChI=1S/C10H20N2/c1-7(2)12-9-3-4-10(12)6-8(11)5-9/h7-10H,3-6,11H2,1-2H3. The minimum atomic E-state index is 0.484. The highest BCUT2D eigenvalue weighted by atomic mass is 15.2. The molecule has 0 saturated carbocycles. The summed E-state index contributed by atoms with van der Waals surface area (Å²) in [4.78, 5) is 2.68. The molecule has 0 aromatic rings. The number of nitrogens with two attached hydrogens (primary N) is 1. The van der Waals surface area contributed by atoms with Crippen molar-refractivity contribution in [2.75, 3.05) is 0 Å². The Kier molecular flexibility index (Phi) is 2.13. The van der Waals surface area contributed by atoms with E-state index in [1.807, 2.05) is 0 Å². The van der Waals surface area contributed by atoms with E-state index < -0.39 is 0 Å². The number of hydrogen-bond acceptors (Lipinski definition) is 2. The van der Waals surface area contributed by atoms with Crippen LogP contribution in [0.25, 0.3) is 0 Å². The van der Waals surface area contributed by atoms with Crippen LogP contribution in [0.4, 0.5) is 0 Å². The van der Waals surface area contributed by atoms with Gasteiger partial charge in [0.15, 0.2) is 0 Å². The van der Waals surface area contributed by atoms with Crippen LogP contribution in [0.1, 0.15) is 39.5 Å². The minimum absolute atomic E-state index is 0.484. The Balaban J connectivity index is 2.09. The first kappa shape index (κ1) is 8.52. The van der Waals surface area contributed by atoms with Crippen LogP contribution >= 0.6 is 0 Å². The lowest BCUT2D eigenvalue weighted by Gasteiger charge is -2.40. The first-order chi connectivity index (χ1) is 5.68. The Hall–Kier alpha value is -0.0800. The van der Waals surface area contributed by atoms with Gasteiger partial charge in [0.05, 0.1) is 0 Å². The van der Waals surface area contributed by atoms with Gasteiger partial charge in [-0.05, 0) is 39.5 Å². The van der Waals surface area contributed by atoms with E-state index in [4.69, 9.17) is 5.73 Å². The molecule has 2 aliphatic heterocycles. The summed E-state index contributed by atoms with van der Waals surface area (Å²) in [5.41, 5.74) is 5.99. The highest BCUT2D eigenvalue weighted by Crippen LogP contribution is 2.36. The van der Waals surface area contributed by atoms with Crippen LogP contribution in [0.3, 0.4) is 0 Å². The summed E-state index contributed by atoms with van der Waals surface area (Å²) >= 11 is 0. The Labute approximate surface area is 75.1 Å². The number of fused-ring (bicyclic) bond motifs is 2. The van der Waals surface area contributed by atoms with Crippen molar-refractivity contribution in [2.24, 2.45) is 5.73 Å². The average molecular weight is 168 g/mol. The van der Waals surface area contributed by atoms with Gasteiger partial charge in [-0.15, -0.1) is 0 Å². The zero-order valence-electron chi connectivity index (χ0n) is 8.16.